The second-order valence-corrected chi connectivity index (χ2v) is 6.68. The topological polar surface area (TPSA) is 63.8 Å². The Morgan fingerprint density at radius 1 is 1.44 bits per heavy atom. The molecular weight excluding hydrogens is 244 g/mol. The Bertz CT molecular complexity index is 435. The van der Waals surface area contributed by atoms with Crippen molar-refractivity contribution < 1.29 is 0 Å². The number of nitrogen functional groups attached to an aromatic ring is 1. The highest BCUT2D eigenvalue weighted by atomic mass is 32.2. The Morgan fingerprint density at radius 3 is 2.78 bits per heavy atom. The van der Waals surface area contributed by atoms with Gasteiger partial charge in [-0.05, 0) is 31.9 Å². The predicted octanol–water partition coefficient (Wildman–Crippen LogP) is 2.63. The molecule has 0 amide bonds. The first-order valence-corrected chi connectivity index (χ1v) is 7.87. The second-order valence-electron chi connectivity index (χ2n) is 5.40. The number of nitrogens with one attached hydrogen (secondary N) is 1. The van der Waals surface area contributed by atoms with Gasteiger partial charge in [0.2, 0.25) is 0 Å². The van der Waals surface area contributed by atoms with Crippen molar-refractivity contribution in [3.05, 3.63) is 11.9 Å². The summed E-state index contributed by atoms with van der Waals surface area (Å²) in [6.07, 6.45) is 8.57. The molecule has 0 radical (unpaired) electrons. The SMILES string of the molecule is CSC1(CNc2cc(N)nc(C3CC3)n2)CCC1. The van der Waals surface area contributed by atoms with E-state index in [1.165, 1.54) is 32.1 Å². The number of nitrogens with two attached hydrogens (primary N) is 1. The molecule has 0 saturated heterocycles. The summed E-state index contributed by atoms with van der Waals surface area (Å²) in [4.78, 5) is 8.90. The molecule has 0 aliphatic heterocycles. The zero-order valence-electron chi connectivity index (χ0n) is 10.8. The van der Waals surface area contributed by atoms with Crippen LogP contribution in [0.3, 0.4) is 0 Å². The summed E-state index contributed by atoms with van der Waals surface area (Å²) in [5.74, 6) is 2.95. The maximum atomic E-state index is 5.85. The van der Waals surface area contributed by atoms with Crippen molar-refractivity contribution in [3.8, 4) is 0 Å². The minimum Gasteiger partial charge on any atom is -0.384 e. The van der Waals surface area contributed by atoms with E-state index in [1.807, 2.05) is 17.8 Å². The molecule has 3 rings (SSSR count). The number of rotatable bonds is 5. The van der Waals surface area contributed by atoms with E-state index in [0.717, 1.165) is 18.2 Å². The van der Waals surface area contributed by atoms with E-state index in [-0.39, 0.29) is 0 Å². The highest BCUT2D eigenvalue weighted by Crippen LogP contribution is 2.43. The normalized spacial score (nSPS) is 21.4. The quantitative estimate of drug-likeness (QED) is 0.856. The lowest BCUT2D eigenvalue weighted by Crippen LogP contribution is -2.40. The fraction of sp³-hybridized carbons (Fsp3) is 0.692. The Kier molecular flexibility index (Phi) is 3.09. The molecule has 4 nitrogen and oxygen atoms in total. The standard InChI is InChI=1S/C13H20N4S/c1-18-13(5-2-6-13)8-15-11-7-10(14)16-12(17-11)9-3-4-9/h7,9H,2-6,8H2,1H3,(H3,14,15,16,17). The predicted molar refractivity (Wildman–Crippen MR) is 77.0 cm³/mol. The highest BCUT2D eigenvalue weighted by molar-refractivity contribution is 8.00. The van der Waals surface area contributed by atoms with E-state index in [4.69, 9.17) is 5.73 Å². The van der Waals surface area contributed by atoms with E-state index in [2.05, 4.69) is 21.5 Å². The molecule has 1 heterocycles. The number of nitrogens with zero attached hydrogens (tertiary/aromatic N) is 2. The minimum atomic E-state index is 0.416. The molecule has 3 N–H and O–H groups in total. The van der Waals surface area contributed by atoms with Crippen LogP contribution < -0.4 is 11.1 Å². The van der Waals surface area contributed by atoms with Gasteiger partial charge in [-0.3, -0.25) is 0 Å². The van der Waals surface area contributed by atoms with Gasteiger partial charge in [0.05, 0.1) is 0 Å². The van der Waals surface area contributed by atoms with E-state index >= 15 is 0 Å². The number of thioether (sulfide) groups is 1. The Balaban J connectivity index is 1.68. The summed E-state index contributed by atoms with van der Waals surface area (Å²) in [6.45, 7) is 0.981. The molecule has 2 aliphatic carbocycles. The van der Waals surface area contributed by atoms with Crippen molar-refractivity contribution >= 4 is 23.4 Å². The lowest BCUT2D eigenvalue weighted by molar-refractivity contribution is 0.379. The van der Waals surface area contributed by atoms with Gasteiger partial charge in [-0.1, -0.05) is 6.42 Å². The Labute approximate surface area is 112 Å². The maximum Gasteiger partial charge on any atom is 0.136 e. The molecule has 0 atom stereocenters. The third kappa shape index (κ3) is 2.41. The smallest absolute Gasteiger partial charge is 0.136 e. The van der Waals surface area contributed by atoms with Gasteiger partial charge in [0.15, 0.2) is 0 Å². The molecule has 2 aliphatic rings. The summed E-state index contributed by atoms with van der Waals surface area (Å²) < 4.78 is 0.416. The highest BCUT2D eigenvalue weighted by Gasteiger charge is 2.36. The molecule has 18 heavy (non-hydrogen) atoms. The van der Waals surface area contributed by atoms with Crippen molar-refractivity contribution in [3.63, 3.8) is 0 Å². The first-order chi connectivity index (χ1) is 8.71. The zero-order chi connectivity index (χ0) is 12.6. The number of hydrogen-bond acceptors (Lipinski definition) is 5. The van der Waals surface area contributed by atoms with Crippen molar-refractivity contribution in [2.24, 2.45) is 0 Å². The van der Waals surface area contributed by atoms with Crippen molar-refractivity contribution in [2.45, 2.75) is 42.8 Å². The monoisotopic (exact) mass is 264 g/mol. The summed E-state index contributed by atoms with van der Waals surface area (Å²) in [7, 11) is 0. The van der Waals surface area contributed by atoms with Crippen LogP contribution >= 0.6 is 11.8 Å². The number of anilines is 2. The van der Waals surface area contributed by atoms with E-state index in [9.17, 15) is 0 Å². The van der Waals surface area contributed by atoms with Crippen LogP contribution in [0.1, 0.15) is 43.8 Å². The maximum absolute atomic E-state index is 5.85. The molecular formula is C13H20N4S. The molecule has 1 aromatic rings. The van der Waals surface area contributed by atoms with Crippen molar-refractivity contribution in [2.75, 3.05) is 23.9 Å². The first-order valence-electron chi connectivity index (χ1n) is 6.64. The van der Waals surface area contributed by atoms with Gasteiger partial charge in [-0.15, -0.1) is 0 Å². The van der Waals surface area contributed by atoms with Crippen LogP contribution in [0.5, 0.6) is 0 Å². The first kappa shape index (κ1) is 12.1. The van der Waals surface area contributed by atoms with E-state index in [1.54, 1.807) is 0 Å². The fourth-order valence-electron chi connectivity index (χ4n) is 2.38. The van der Waals surface area contributed by atoms with Crippen LogP contribution in [0.25, 0.3) is 0 Å². The van der Waals surface area contributed by atoms with E-state index < -0.39 is 0 Å². The van der Waals surface area contributed by atoms with Gasteiger partial charge >= 0.3 is 0 Å². The summed E-state index contributed by atoms with van der Waals surface area (Å²) in [5.41, 5.74) is 5.85. The summed E-state index contributed by atoms with van der Waals surface area (Å²) >= 11 is 1.97. The van der Waals surface area contributed by atoms with Gasteiger partial charge in [-0.2, -0.15) is 11.8 Å². The molecule has 0 spiro atoms. The largest absolute Gasteiger partial charge is 0.384 e. The van der Waals surface area contributed by atoms with Gasteiger partial charge in [-0.25, -0.2) is 9.97 Å². The van der Waals surface area contributed by atoms with Crippen LogP contribution in [-0.4, -0.2) is 27.5 Å². The Morgan fingerprint density at radius 2 is 2.22 bits per heavy atom. The second kappa shape index (κ2) is 4.61. The number of hydrogen-bond donors (Lipinski definition) is 2. The molecule has 2 saturated carbocycles. The molecule has 0 unspecified atom stereocenters. The van der Waals surface area contributed by atoms with Gasteiger partial charge in [0, 0.05) is 23.3 Å². The molecule has 98 valence electrons. The lowest BCUT2D eigenvalue weighted by Gasteiger charge is -2.40. The van der Waals surface area contributed by atoms with Crippen molar-refractivity contribution in [1.29, 1.82) is 0 Å². The third-order valence-corrected chi connectivity index (χ3v) is 5.41. The molecule has 2 fully saturated rings. The van der Waals surface area contributed by atoms with Crippen LogP contribution in [0, 0.1) is 0 Å². The van der Waals surface area contributed by atoms with Crippen LogP contribution in [0.2, 0.25) is 0 Å². The summed E-state index contributed by atoms with van der Waals surface area (Å²) in [6, 6.07) is 1.85. The van der Waals surface area contributed by atoms with Crippen molar-refractivity contribution in [1.82, 2.24) is 9.97 Å². The van der Waals surface area contributed by atoms with Gasteiger partial charge < -0.3 is 11.1 Å². The van der Waals surface area contributed by atoms with Crippen LogP contribution in [0.15, 0.2) is 6.07 Å². The molecule has 0 bridgehead atoms. The fourth-order valence-corrected chi connectivity index (χ4v) is 3.29. The van der Waals surface area contributed by atoms with Crippen LogP contribution in [0.4, 0.5) is 11.6 Å². The number of aromatic nitrogens is 2. The average Bonchev–Trinajstić information content (AvgIpc) is 3.11. The lowest BCUT2D eigenvalue weighted by atomic mass is 9.84. The average molecular weight is 264 g/mol. The summed E-state index contributed by atoms with van der Waals surface area (Å²) in [5, 5.41) is 3.45. The zero-order valence-corrected chi connectivity index (χ0v) is 11.6. The minimum absolute atomic E-state index is 0.416. The Hall–Kier alpha value is -0.970. The van der Waals surface area contributed by atoms with Gasteiger partial charge in [0.25, 0.3) is 0 Å². The van der Waals surface area contributed by atoms with E-state index in [0.29, 0.717) is 16.5 Å². The van der Waals surface area contributed by atoms with Gasteiger partial charge in [0.1, 0.15) is 17.5 Å². The molecule has 0 aromatic carbocycles. The molecule has 1 aromatic heterocycles. The third-order valence-electron chi connectivity index (χ3n) is 4.00. The van der Waals surface area contributed by atoms with Crippen LogP contribution in [-0.2, 0) is 0 Å². The molecule has 5 heteroatoms.